The van der Waals surface area contributed by atoms with Crippen molar-refractivity contribution in [3.05, 3.63) is 39.8 Å². The summed E-state index contributed by atoms with van der Waals surface area (Å²) in [5.74, 6) is -0.103. The summed E-state index contributed by atoms with van der Waals surface area (Å²) in [4.78, 5) is 20.9. The quantitative estimate of drug-likeness (QED) is 0.573. The molecule has 1 aromatic carbocycles. The number of anilines is 1. The first-order valence-electron chi connectivity index (χ1n) is 8.00. The monoisotopic (exact) mass is 440 g/mol. The van der Waals surface area contributed by atoms with Gasteiger partial charge in [-0.1, -0.05) is 30.7 Å². The number of nitrogens with one attached hydrogen (secondary N) is 1. The Morgan fingerprint density at radius 1 is 1.32 bits per heavy atom. The van der Waals surface area contributed by atoms with Gasteiger partial charge in [0, 0.05) is 11.9 Å². The lowest BCUT2D eigenvalue weighted by molar-refractivity contribution is -0.115. The molecule has 0 saturated carbocycles. The molecule has 0 fully saturated rings. The van der Waals surface area contributed by atoms with Crippen LogP contribution in [0.2, 0.25) is 0 Å². The Morgan fingerprint density at radius 3 is 2.88 bits per heavy atom. The van der Waals surface area contributed by atoms with Crippen LogP contribution in [0, 0.1) is 0 Å². The zero-order valence-corrected chi connectivity index (χ0v) is 17.3. The van der Waals surface area contributed by atoms with Gasteiger partial charge >= 0.3 is 0 Å². The topological polar surface area (TPSA) is 80.9 Å². The van der Waals surface area contributed by atoms with E-state index >= 15 is 0 Å². The molecule has 0 unspecified atom stereocenters. The molecule has 8 heteroatoms. The Labute approximate surface area is 165 Å². The molecule has 0 bridgehead atoms. The van der Waals surface area contributed by atoms with Crippen LogP contribution in [-0.4, -0.2) is 15.9 Å². The van der Waals surface area contributed by atoms with Crippen molar-refractivity contribution in [1.29, 1.82) is 0 Å². The van der Waals surface area contributed by atoms with E-state index in [1.54, 1.807) is 0 Å². The molecule has 0 aliphatic heterocycles. The number of nitrogens with two attached hydrogens (primary N) is 1. The molecule has 2 aromatic heterocycles. The van der Waals surface area contributed by atoms with Gasteiger partial charge in [0.2, 0.25) is 5.91 Å². The van der Waals surface area contributed by atoms with Crippen LogP contribution >= 0.6 is 39.7 Å². The lowest BCUT2D eigenvalue weighted by Crippen LogP contribution is -2.14. The molecule has 0 aliphatic rings. The van der Waals surface area contributed by atoms with Crippen molar-refractivity contribution in [2.75, 3.05) is 5.32 Å². The standard InChI is InChI=1S/C17H20N4OS2.BrH/c1-2-3-4-11-5-6-13-14(7-11)24-17(20-13)21-15(22)8-12-10-23-16(9-18)19-12;/h5-7,10H,2-4,8-9,18H2,1H3,(H,20,21,22);1H. The van der Waals surface area contributed by atoms with Crippen molar-refractivity contribution in [2.24, 2.45) is 5.73 Å². The van der Waals surface area contributed by atoms with Gasteiger partial charge in [-0.2, -0.15) is 0 Å². The molecule has 134 valence electrons. The number of aryl methyl sites for hydroxylation is 1. The first-order chi connectivity index (χ1) is 11.7. The maximum atomic E-state index is 12.2. The number of thiazole rings is 2. The summed E-state index contributed by atoms with van der Waals surface area (Å²) in [6, 6.07) is 6.32. The van der Waals surface area contributed by atoms with Crippen molar-refractivity contribution in [3.8, 4) is 0 Å². The van der Waals surface area contributed by atoms with E-state index in [9.17, 15) is 4.79 Å². The third-order valence-corrected chi connectivity index (χ3v) is 5.49. The van der Waals surface area contributed by atoms with Gasteiger partial charge in [0.15, 0.2) is 5.13 Å². The second kappa shape index (κ2) is 9.38. The molecule has 3 aromatic rings. The number of hydrogen-bond donors (Lipinski definition) is 2. The average Bonchev–Trinajstić information content (AvgIpc) is 3.18. The Bertz CT molecular complexity index is 846. The van der Waals surface area contributed by atoms with Crippen LogP contribution in [0.1, 0.15) is 36.0 Å². The van der Waals surface area contributed by atoms with Crippen LogP contribution in [0.5, 0.6) is 0 Å². The van der Waals surface area contributed by atoms with Crippen LogP contribution in [0.3, 0.4) is 0 Å². The van der Waals surface area contributed by atoms with Gasteiger partial charge in [0.25, 0.3) is 0 Å². The minimum Gasteiger partial charge on any atom is -0.325 e. The van der Waals surface area contributed by atoms with Crippen molar-refractivity contribution in [3.63, 3.8) is 0 Å². The fourth-order valence-electron chi connectivity index (χ4n) is 2.41. The van der Waals surface area contributed by atoms with E-state index in [-0.39, 0.29) is 29.3 Å². The van der Waals surface area contributed by atoms with E-state index < -0.39 is 0 Å². The van der Waals surface area contributed by atoms with E-state index in [4.69, 9.17) is 5.73 Å². The van der Waals surface area contributed by atoms with Crippen LogP contribution in [0.25, 0.3) is 10.2 Å². The number of halogens is 1. The Hall–Kier alpha value is -1.35. The zero-order valence-electron chi connectivity index (χ0n) is 13.9. The van der Waals surface area contributed by atoms with Crippen LogP contribution in [0.4, 0.5) is 5.13 Å². The largest absolute Gasteiger partial charge is 0.325 e. The molecular formula is C17H21BrN4OS2. The lowest BCUT2D eigenvalue weighted by Gasteiger charge is -1.98. The van der Waals surface area contributed by atoms with E-state index in [2.05, 4.69) is 34.3 Å². The first-order valence-corrected chi connectivity index (χ1v) is 9.70. The van der Waals surface area contributed by atoms with Crippen LogP contribution in [0.15, 0.2) is 23.6 Å². The number of benzene rings is 1. The molecule has 0 atom stereocenters. The van der Waals surface area contributed by atoms with Gasteiger partial charge in [-0.3, -0.25) is 4.79 Å². The van der Waals surface area contributed by atoms with Gasteiger partial charge in [-0.05, 0) is 30.5 Å². The number of hydrogen-bond acceptors (Lipinski definition) is 6. The number of carbonyl (C=O) groups is 1. The minimum atomic E-state index is -0.103. The number of carbonyl (C=O) groups excluding carboxylic acids is 1. The zero-order chi connectivity index (χ0) is 16.9. The summed E-state index contributed by atoms with van der Waals surface area (Å²) < 4.78 is 1.11. The lowest BCUT2D eigenvalue weighted by atomic mass is 10.1. The molecule has 1 amide bonds. The number of rotatable bonds is 7. The number of fused-ring (bicyclic) bond motifs is 1. The smallest absolute Gasteiger partial charge is 0.232 e. The number of aromatic nitrogens is 2. The molecule has 0 spiro atoms. The van der Waals surface area contributed by atoms with Crippen LogP contribution < -0.4 is 11.1 Å². The fourth-order valence-corrected chi connectivity index (χ4v) is 4.03. The number of nitrogens with zero attached hydrogens (tertiary/aromatic N) is 2. The first kappa shape index (κ1) is 20.0. The maximum absolute atomic E-state index is 12.2. The van der Waals surface area contributed by atoms with E-state index in [0.29, 0.717) is 11.7 Å². The average molecular weight is 441 g/mol. The molecule has 0 radical (unpaired) electrons. The molecule has 25 heavy (non-hydrogen) atoms. The molecule has 0 saturated heterocycles. The second-order valence-corrected chi connectivity index (χ2v) is 7.56. The third kappa shape index (κ3) is 5.31. The Balaban J connectivity index is 0.00000225. The van der Waals surface area contributed by atoms with Crippen molar-refractivity contribution >= 4 is 60.9 Å². The van der Waals surface area contributed by atoms with Crippen molar-refractivity contribution in [2.45, 2.75) is 39.2 Å². The summed E-state index contributed by atoms with van der Waals surface area (Å²) >= 11 is 2.99. The predicted octanol–water partition coefficient (Wildman–Crippen LogP) is 4.31. The molecule has 5 nitrogen and oxygen atoms in total. The molecule has 0 aliphatic carbocycles. The highest BCUT2D eigenvalue weighted by molar-refractivity contribution is 8.93. The summed E-state index contributed by atoms with van der Waals surface area (Å²) in [6.45, 7) is 2.60. The summed E-state index contributed by atoms with van der Waals surface area (Å²) in [7, 11) is 0. The van der Waals surface area contributed by atoms with Crippen LogP contribution in [-0.2, 0) is 24.2 Å². The molecular weight excluding hydrogens is 420 g/mol. The Kier molecular flexibility index (Phi) is 7.49. The number of amides is 1. The highest BCUT2D eigenvalue weighted by atomic mass is 79.9. The van der Waals surface area contributed by atoms with Gasteiger partial charge < -0.3 is 11.1 Å². The SMILES string of the molecule is Br.CCCCc1ccc2nc(NC(=O)Cc3csc(CN)n3)sc2c1. The minimum absolute atomic E-state index is 0. The third-order valence-electron chi connectivity index (χ3n) is 3.63. The maximum Gasteiger partial charge on any atom is 0.232 e. The van der Waals surface area contributed by atoms with Gasteiger partial charge in [-0.25, -0.2) is 9.97 Å². The summed E-state index contributed by atoms with van der Waals surface area (Å²) in [5.41, 5.74) is 8.54. The van der Waals surface area contributed by atoms with E-state index in [1.807, 2.05) is 11.4 Å². The van der Waals surface area contributed by atoms with Gasteiger partial charge in [-0.15, -0.1) is 28.3 Å². The number of unbranched alkanes of at least 4 members (excludes halogenated alkanes) is 1. The van der Waals surface area contributed by atoms with Crippen molar-refractivity contribution < 1.29 is 4.79 Å². The van der Waals surface area contributed by atoms with Gasteiger partial charge in [0.1, 0.15) is 5.01 Å². The molecule has 2 heterocycles. The summed E-state index contributed by atoms with van der Waals surface area (Å²) in [5, 5.41) is 6.23. The normalized spacial score (nSPS) is 10.6. The second-order valence-electron chi connectivity index (χ2n) is 5.59. The highest BCUT2D eigenvalue weighted by Crippen LogP contribution is 2.27. The Morgan fingerprint density at radius 2 is 2.16 bits per heavy atom. The van der Waals surface area contributed by atoms with E-state index in [1.165, 1.54) is 41.1 Å². The molecule has 3 N–H and O–H groups in total. The van der Waals surface area contributed by atoms with Gasteiger partial charge in [0.05, 0.1) is 22.3 Å². The fraction of sp³-hybridized carbons (Fsp3) is 0.353. The predicted molar refractivity (Wildman–Crippen MR) is 111 cm³/mol. The van der Waals surface area contributed by atoms with Crippen molar-refractivity contribution in [1.82, 2.24) is 9.97 Å². The molecule has 3 rings (SSSR count). The summed E-state index contributed by atoms with van der Waals surface area (Å²) in [6.07, 6.45) is 3.70. The highest BCUT2D eigenvalue weighted by Gasteiger charge is 2.11. The van der Waals surface area contributed by atoms with E-state index in [0.717, 1.165) is 27.3 Å².